The Morgan fingerprint density at radius 2 is 2.23 bits per heavy atom. The molecule has 0 saturated carbocycles. The number of nitrogens with two attached hydrogens (primary N) is 1. The van der Waals surface area contributed by atoms with Crippen LogP contribution >= 0.6 is 27.5 Å². The summed E-state index contributed by atoms with van der Waals surface area (Å²) in [6.45, 7) is 0. The van der Waals surface area contributed by atoms with Crippen LogP contribution in [0, 0.1) is 0 Å². The fraction of sp³-hybridized carbons (Fsp3) is 0.286. The number of rotatable bonds is 2. The van der Waals surface area contributed by atoms with Crippen LogP contribution in [-0.2, 0) is 5.88 Å². The van der Waals surface area contributed by atoms with Crippen molar-refractivity contribution in [1.29, 1.82) is 0 Å². The minimum Gasteiger partial charge on any atom is -0.397 e. The van der Waals surface area contributed by atoms with Gasteiger partial charge in [0.05, 0.1) is 22.8 Å². The van der Waals surface area contributed by atoms with Crippen LogP contribution in [0.3, 0.4) is 0 Å². The number of hydrogen-bond donors (Lipinski definition) is 1. The third kappa shape index (κ3) is 2.28. The monoisotopic (exact) mass is 270 g/mol. The lowest BCUT2D eigenvalue weighted by molar-refractivity contribution is 0.150. The first-order chi connectivity index (χ1) is 6.06. The van der Waals surface area contributed by atoms with E-state index in [9.17, 15) is 8.78 Å². The topological polar surface area (TPSA) is 38.9 Å². The normalized spacial score (nSPS) is 10.8. The third-order valence-corrected chi connectivity index (χ3v) is 2.37. The molecule has 1 heterocycles. The lowest BCUT2D eigenvalue weighted by Gasteiger charge is -2.06. The maximum atomic E-state index is 12.3. The van der Waals surface area contributed by atoms with E-state index in [1.165, 1.54) is 6.07 Å². The van der Waals surface area contributed by atoms with Gasteiger partial charge < -0.3 is 5.73 Å². The molecular formula is C7H6BrClF2N2. The van der Waals surface area contributed by atoms with Crippen LogP contribution < -0.4 is 5.73 Å². The second kappa shape index (κ2) is 4.19. The quantitative estimate of drug-likeness (QED) is 0.663. The Kier molecular flexibility index (Phi) is 3.44. The van der Waals surface area contributed by atoms with Crippen molar-refractivity contribution in [3.63, 3.8) is 0 Å². The molecule has 2 N–H and O–H groups in total. The van der Waals surface area contributed by atoms with Crippen molar-refractivity contribution in [2.75, 3.05) is 5.73 Å². The number of nitrogens with zero attached hydrogens (tertiary/aromatic N) is 1. The van der Waals surface area contributed by atoms with Gasteiger partial charge in [-0.25, -0.2) is 13.8 Å². The molecule has 1 aromatic rings. The van der Waals surface area contributed by atoms with Gasteiger partial charge in [0.15, 0.2) is 0 Å². The summed E-state index contributed by atoms with van der Waals surface area (Å²) in [6, 6.07) is 1.18. The summed E-state index contributed by atoms with van der Waals surface area (Å²) in [5.41, 5.74) is 5.81. The molecule has 0 radical (unpaired) electrons. The summed E-state index contributed by atoms with van der Waals surface area (Å²) in [4.78, 5) is 3.79. The van der Waals surface area contributed by atoms with Gasteiger partial charge in [-0.15, -0.1) is 11.6 Å². The highest BCUT2D eigenvalue weighted by atomic mass is 79.9. The summed E-state index contributed by atoms with van der Waals surface area (Å²) in [5.74, 6) is 0.105. The molecule has 6 heteroatoms. The summed E-state index contributed by atoms with van der Waals surface area (Å²) in [6.07, 6.45) is -2.59. The van der Waals surface area contributed by atoms with Gasteiger partial charge in [-0.3, -0.25) is 0 Å². The van der Waals surface area contributed by atoms with E-state index in [0.717, 1.165) is 0 Å². The van der Waals surface area contributed by atoms with E-state index in [0.29, 0.717) is 5.69 Å². The summed E-state index contributed by atoms with van der Waals surface area (Å²) in [7, 11) is 0. The van der Waals surface area contributed by atoms with E-state index < -0.39 is 6.43 Å². The van der Waals surface area contributed by atoms with E-state index in [-0.39, 0.29) is 21.7 Å². The van der Waals surface area contributed by atoms with Crippen LogP contribution in [-0.4, -0.2) is 4.98 Å². The van der Waals surface area contributed by atoms with E-state index in [2.05, 4.69) is 20.9 Å². The molecule has 0 aromatic carbocycles. The van der Waals surface area contributed by atoms with Gasteiger partial charge >= 0.3 is 0 Å². The summed E-state index contributed by atoms with van der Waals surface area (Å²) in [5, 5.41) is 0. The van der Waals surface area contributed by atoms with E-state index in [1.807, 2.05) is 0 Å². The van der Waals surface area contributed by atoms with Crippen molar-refractivity contribution in [2.24, 2.45) is 0 Å². The Balaban J connectivity index is 3.20. The molecule has 0 saturated heterocycles. The van der Waals surface area contributed by atoms with Crippen LogP contribution in [0.1, 0.15) is 17.7 Å². The van der Waals surface area contributed by atoms with Crippen molar-refractivity contribution in [3.8, 4) is 0 Å². The summed E-state index contributed by atoms with van der Waals surface area (Å²) < 4.78 is 24.7. The Bertz CT molecular complexity index is 320. The van der Waals surface area contributed by atoms with Crippen molar-refractivity contribution in [3.05, 3.63) is 21.9 Å². The predicted molar refractivity (Wildman–Crippen MR) is 50.9 cm³/mol. The predicted octanol–water partition coefficient (Wildman–Crippen LogP) is 3.10. The largest absolute Gasteiger partial charge is 0.397 e. The highest BCUT2D eigenvalue weighted by Gasteiger charge is 2.15. The second-order valence-electron chi connectivity index (χ2n) is 2.34. The SMILES string of the molecule is Nc1cc(C(F)F)c(Br)nc1CCl. The number of alkyl halides is 3. The molecule has 0 aliphatic heterocycles. The highest BCUT2D eigenvalue weighted by Crippen LogP contribution is 2.29. The fourth-order valence-electron chi connectivity index (χ4n) is 0.818. The van der Waals surface area contributed by atoms with Crippen LogP contribution in [0.2, 0.25) is 0 Å². The Hall–Kier alpha value is -0.420. The molecule has 72 valence electrons. The Morgan fingerprint density at radius 3 is 2.69 bits per heavy atom. The molecule has 0 atom stereocenters. The van der Waals surface area contributed by atoms with Crippen LogP contribution in [0.5, 0.6) is 0 Å². The maximum Gasteiger partial charge on any atom is 0.266 e. The molecule has 13 heavy (non-hydrogen) atoms. The van der Waals surface area contributed by atoms with E-state index in [1.54, 1.807) is 0 Å². The third-order valence-electron chi connectivity index (χ3n) is 1.48. The molecule has 0 bridgehead atoms. The van der Waals surface area contributed by atoms with Crippen LogP contribution in [0.15, 0.2) is 10.7 Å². The fourth-order valence-corrected chi connectivity index (χ4v) is 1.53. The number of aromatic nitrogens is 1. The molecule has 0 aliphatic rings. The number of hydrogen-bond acceptors (Lipinski definition) is 2. The first-order valence-corrected chi connectivity index (χ1v) is 4.68. The minimum absolute atomic E-state index is 0.0901. The number of halogens is 4. The smallest absolute Gasteiger partial charge is 0.266 e. The highest BCUT2D eigenvalue weighted by molar-refractivity contribution is 9.10. The number of pyridine rings is 1. The number of anilines is 1. The van der Waals surface area contributed by atoms with Crippen molar-refractivity contribution in [2.45, 2.75) is 12.3 Å². The molecule has 0 amide bonds. The second-order valence-corrected chi connectivity index (χ2v) is 3.36. The number of nitrogen functional groups attached to an aromatic ring is 1. The molecule has 0 aliphatic carbocycles. The van der Waals surface area contributed by atoms with E-state index >= 15 is 0 Å². The average Bonchev–Trinajstić information content (AvgIpc) is 2.07. The van der Waals surface area contributed by atoms with Gasteiger partial charge in [0, 0.05) is 0 Å². The van der Waals surface area contributed by atoms with Crippen molar-refractivity contribution < 1.29 is 8.78 Å². The summed E-state index contributed by atoms with van der Waals surface area (Å²) >= 11 is 8.40. The minimum atomic E-state index is -2.59. The zero-order chi connectivity index (χ0) is 10.0. The molecule has 1 aromatic heterocycles. The first kappa shape index (κ1) is 10.7. The van der Waals surface area contributed by atoms with Crippen molar-refractivity contribution >= 4 is 33.2 Å². The van der Waals surface area contributed by atoms with Crippen molar-refractivity contribution in [1.82, 2.24) is 4.98 Å². The molecule has 0 unspecified atom stereocenters. The van der Waals surface area contributed by atoms with Crippen LogP contribution in [0.25, 0.3) is 0 Å². The Labute approximate surface area is 87.2 Å². The Morgan fingerprint density at radius 1 is 1.62 bits per heavy atom. The first-order valence-electron chi connectivity index (χ1n) is 3.35. The average molecular weight is 271 g/mol. The van der Waals surface area contributed by atoms with Gasteiger partial charge in [0.25, 0.3) is 6.43 Å². The van der Waals surface area contributed by atoms with Gasteiger partial charge in [0.2, 0.25) is 0 Å². The van der Waals surface area contributed by atoms with Gasteiger partial charge in [-0.1, -0.05) is 0 Å². The van der Waals surface area contributed by atoms with Crippen LogP contribution in [0.4, 0.5) is 14.5 Å². The molecule has 0 spiro atoms. The van der Waals surface area contributed by atoms with Gasteiger partial charge in [-0.2, -0.15) is 0 Å². The van der Waals surface area contributed by atoms with Gasteiger partial charge in [-0.05, 0) is 22.0 Å². The molecular weight excluding hydrogens is 265 g/mol. The molecule has 0 fully saturated rings. The lowest BCUT2D eigenvalue weighted by atomic mass is 10.2. The maximum absolute atomic E-state index is 12.3. The molecule has 2 nitrogen and oxygen atoms in total. The lowest BCUT2D eigenvalue weighted by Crippen LogP contribution is -2.00. The zero-order valence-electron chi connectivity index (χ0n) is 6.40. The van der Waals surface area contributed by atoms with E-state index in [4.69, 9.17) is 17.3 Å². The standard InChI is InChI=1S/C7H6BrClF2N2/c8-6-3(7(10)11)1-4(12)5(2-9)13-6/h1,7H,2,12H2. The zero-order valence-corrected chi connectivity index (χ0v) is 8.74. The molecule has 1 rings (SSSR count). The van der Waals surface area contributed by atoms with Gasteiger partial charge in [0.1, 0.15) is 4.60 Å².